The minimum atomic E-state index is -0.215. The van der Waals surface area contributed by atoms with Gasteiger partial charge in [0.15, 0.2) is 0 Å². The Hall–Kier alpha value is -1.62. The second-order valence-electron chi connectivity index (χ2n) is 4.28. The number of halogens is 1. The van der Waals surface area contributed by atoms with Gasteiger partial charge in [-0.2, -0.15) is 0 Å². The van der Waals surface area contributed by atoms with Crippen molar-refractivity contribution >= 4 is 5.84 Å². The Labute approximate surface area is 107 Å². The number of oxime groups is 1. The first-order valence-corrected chi connectivity index (χ1v) is 6.08. The van der Waals surface area contributed by atoms with Crippen LogP contribution in [0.3, 0.4) is 0 Å². The van der Waals surface area contributed by atoms with E-state index in [1.807, 2.05) is 13.0 Å². The zero-order valence-electron chi connectivity index (χ0n) is 10.6. The van der Waals surface area contributed by atoms with Crippen molar-refractivity contribution < 1.29 is 9.60 Å². The maximum absolute atomic E-state index is 13.0. The van der Waals surface area contributed by atoms with E-state index in [0.29, 0.717) is 6.42 Å². The summed E-state index contributed by atoms with van der Waals surface area (Å²) in [5, 5.41) is 14.6. The first-order valence-electron chi connectivity index (χ1n) is 6.08. The minimum absolute atomic E-state index is 0.115. The number of hydrogen-bond acceptors (Lipinski definition) is 3. The third-order valence-corrected chi connectivity index (χ3v) is 2.79. The zero-order valence-corrected chi connectivity index (χ0v) is 10.6. The lowest BCUT2D eigenvalue weighted by Crippen LogP contribution is -2.20. The predicted octanol–water partition coefficient (Wildman–Crippen LogP) is 2.39. The largest absolute Gasteiger partial charge is 0.409 e. The molecule has 1 atom stereocenters. The molecule has 0 radical (unpaired) electrons. The maximum Gasteiger partial charge on any atom is 0.139 e. The van der Waals surface area contributed by atoms with E-state index in [4.69, 9.17) is 10.9 Å². The van der Waals surface area contributed by atoms with Crippen molar-refractivity contribution in [2.75, 3.05) is 6.54 Å². The van der Waals surface area contributed by atoms with Crippen LogP contribution in [0.5, 0.6) is 0 Å². The van der Waals surface area contributed by atoms with E-state index in [1.54, 1.807) is 6.07 Å². The molecule has 0 aliphatic heterocycles. The Balaban J connectivity index is 2.23. The van der Waals surface area contributed by atoms with Gasteiger partial charge in [-0.25, -0.2) is 4.39 Å². The molecule has 0 fully saturated rings. The van der Waals surface area contributed by atoms with E-state index >= 15 is 0 Å². The van der Waals surface area contributed by atoms with Gasteiger partial charge >= 0.3 is 0 Å². The molecule has 4 N–H and O–H groups in total. The van der Waals surface area contributed by atoms with E-state index in [2.05, 4.69) is 10.5 Å². The molecular weight excluding hydrogens is 233 g/mol. The van der Waals surface area contributed by atoms with E-state index < -0.39 is 0 Å². The highest BCUT2D eigenvalue weighted by Gasteiger charge is 2.04. The molecule has 0 aliphatic rings. The molecule has 0 aliphatic carbocycles. The molecule has 0 amide bonds. The highest BCUT2D eigenvalue weighted by molar-refractivity contribution is 5.79. The summed E-state index contributed by atoms with van der Waals surface area (Å²) in [7, 11) is 0. The maximum atomic E-state index is 13.0. The zero-order chi connectivity index (χ0) is 13.4. The average Bonchev–Trinajstić information content (AvgIpc) is 2.37. The second kappa shape index (κ2) is 7.66. The molecule has 0 bridgehead atoms. The van der Waals surface area contributed by atoms with Crippen molar-refractivity contribution in [2.24, 2.45) is 10.9 Å². The first-order chi connectivity index (χ1) is 8.63. The number of benzene rings is 1. The summed E-state index contributed by atoms with van der Waals surface area (Å²) >= 11 is 0. The molecule has 0 saturated heterocycles. The van der Waals surface area contributed by atoms with Crippen LogP contribution >= 0.6 is 0 Å². The van der Waals surface area contributed by atoms with E-state index in [0.717, 1.165) is 24.9 Å². The Morgan fingerprint density at radius 3 is 2.94 bits per heavy atom. The summed E-state index contributed by atoms with van der Waals surface area (Å²) in [6.07, 6.45) is 2.38. The number of hydrogen-bond donors (Lipinski definition) is 3. The van der Waals surface area contributed by atoms with Crippen molar-refractivity contribution in [3.63, 3.8) is 0 Å². The molecule has 5 heteroatoms. The van der Waals surface area contributed by atoms with Crippen LogP contribution in [-0.4, -0.2) is 17.6 Å². The molecule has 1 unspecified atom stereocenters. The number of nitrogens with two attached hydrogens (primary N) is 1. The lowest BCUT2D eigenvalue weighted by atomic mass is 10.1. The van der Waals surface area contributed by atoms with E-state index in [1.165, 1.54) is 12.1 Å². The molecule has 100 valence electrons. The monoisotopic (exact) mass is 253 g/mol. The third kappa shape index (κ3) is 5.14. The number of nitrogens with one attached hydrogen (secondary N) is 1. The Bertz CT molecular complexity index is 396. The average molecular weight is 253 g/mol. The first kappa shape index (κ1) is 14.4. The number of rotatable bonds is 7. The topological polar surface area (TPSA) is 70.6 Å². The standard InChI is InChI=1S/C13H20FN3O/c1-10(11-5-4-6-12(14)9-11)16-8-3-2-7-13(15)17-18/h4-6,9-10,16,18H,2-3,7-8H2,1H3,(H2,15,17). The van der Waals surface area contributed by atoms with Gasteiger partial charge in [0.2, 0.25) is 0 Å². The highest BCUT2D eigenvalue weighted by atomic mass is 19.1. The van der Waals surface area contributed by atoms with Gasteiger partial charge in [0, 0.05) is 12.5 Å². The van der Waals surface area contributed by atoms with Gasteiger partial charge in [0.1, 0.15) is 11.7 Å². The summed E-state index contributed by atoms with van der Waals surface area (Å²) < 4.78 is 13.0. The fraction of sp³-hybridized carbons (Fsp3) is 0.462. The lowest BCUT2D eigenvalue weighted by molar-refractivity contribution is 0.316. The normalized spacial score (nSPS) is 13.6. The smallest absolute Gasteiger partial charge is 0.139 e. The second-order valence-corrected chi connectivity index (χ2v) is 4.28. The quantitative estimate of drug-likeness (QED) is 0.230. The van der Waals surface area contributed by atoms with Crippen LogP contribution in [0.1, 0.15) is 37.8 Å². The van der Waals surface area contributed by atoms with Gasteiger partial charge in [0.05, 0.1) is 0 Å². The van der Waals surface area contributed by atoms with Crippen LogP contribution in [0.4, 0.5) is 4.39 Å². The third-order valence-electron chi connectivity index (χ3n) is 2.79. The van der Waals surface area contributed by atoms with E-state index in [9.17, 15) is 4.39 Å². The van der Waals surface area contributed by atoms with Crippen LogP contribution in [0.15, 0.2) is 29.4 Å². The van der Waals surface area contributed by atoms with Crippen LogP contribution in [-0.2, 0) is 0 Å². The van der Waals surface area contributed by atoms with Crippen molar-refractivity contribution in [1.82, 2.24) is 5.32 Å². The summed E-state index contributed by atoms with van der Waals surface area (Å²) in [4.78, 5) is 0. The summed E-state index contributed by atoms with van der Waals surface area (Å²) in [6, 6.07) is 6.70. The van der Waals surface area contributed by atoms with Gasteiger partial charge in [-0.05, 0) is 44.0 Å². The molecule has 4 nitrogen and oxygen atoms in total. The van der Waals surface area contributed by atoms with Gasteiger partial charge in [0.25, 0.3) is 0 Å². The van der Waals surface area contributed by atoms with Gasteiger partial charge < -0.3 is 16.3 Å². The Morgan fingerprint density at radius 1 is 1.50 bits per heavy atom. The molecule has 1 aromatic rings. The van der Waals surface area contributed by atoms with Crippen LogP contribution < -0.4 is 11.1 Å². The molecule has 0 heterocycles. The van der Waals surface area contributed by atoms with Crippen molar-refractivity contribution in [1.29, 1.82) is 0 Å². The van der Waals surface area contributed by atoms with Crippen LogP contribution in [0.2, 0.25) is 0 Å². The van der Waals surface area contributed by atoms with Gasteiger partial charge in [-0.1, -0.05) is 17.3 Å². The Kier molecular flexibility index (Phi) is 6.14. The summed E-state index contributed by atoms with van der Waals surface area (Å²) in [6.45, 7) is 2.81. The molecule has 18 heavy (non-hydrogen) atoms. The molecule has 1 rings (SSSR count). The number of amidine groups is 1. The van der Waals surface area contributed by atoms with Crippen molar-refractivity contribution in [3.8, 4) is 0 Å². The molecule has 0 spiro atoms. The predicted molar refractivity (Wildman–Crippen MR) is 70.1 cm³/mol. The van der Waals surface area contributed by atoms with Gasteiger partial charge in [-0.3, -0.25) is 0 Å². The molecule has 0 aromatic heterocycles. The van der Waals surface area contributed by atoms with Crippen LogP contribution in [0, 0.1) is 5.82 Å². The van der Waals surface area contributed by atoms with Crippen LogP contribution in [0.25, 0.3) is 0 Å². The Morgan fingerprint density at radius 2 is 2.28 bits per heavy atom. The minimum Gasteiger partial charge on any atom is -0.409 e. The fourth-order valence-electron chi connectivity index (χ4n) is 1.69. The SMILES string of the molecule is CC(NCCCCC(N)=NO)c1cccc(F)c1. The van der Waals surface area contributed by atoms with E-state index in [-0.39, 0.29) is 17.7 Å². The highest BCUT2D eigenvalue weighted by Crippen LogP contribution is 2.13. The number of unbranched alkanes of at least 4 members (excludes halogenated alkanes) is 1. The molecule has 1 aromatic carbocycles. The summed E-state index contributed by atoms with van der Waals surface area (Å²) in [5.74, 6) is 0.0428. The number of nitrogens with zero attached hydrogens (tertiary/aromatic N) is 1. The lowest BCUT2D eigenvalue weighted by Gasteiger charge is -2.14. The summed E-state index contributed by atoms with van der Waals surface area (Å²) in [5.41, 5.74) is 6.30. The van der Waals surface area contributed by atoms with Gasteiger partial charge in [-0.15, -0.1) is 0 Å². The fourth-order valence-corrected chi connectivity index (χ4v) is 1.69. The van der Waals surface area contributed by atoms with Crippen molar-refractivity contribution in [2.45, 2.75) is 32.2 Å². The molecular formula is C13H20FN3O. The van der Waals surface area contributed by atoms with Crippen molar-refractivity contribution in [3.05, 3.63) is 35.6 Å². The molecule has 0 saturated carbocycles.